The van der Waals surface area contributed by atoms with E-state index in [1.165, 1.54) is 0 Å². The third-order valence-corrected chi connectivity index (χ3v) is 4.74. The van der Waals surface area contributed by atoms with Gasteiger partial charge in [0.2, 0.25) is 5.95 Å². The van der Waals surface area contributed by atoms with Crippen LogP contribution in [0.2, 0.25) is 5.02 Å². The highest BCUT2D eigenvalue weighted by Crippen LogP contribution is 2.38. The fourth-order valence-corrected chi connectivity index (χ4v) is 3.24. The number of hydrogen-bond donors (Lipinski definition) is 3. The molecule has 7 heteroatoms. The highest BCUT2D eigenvalue weighted by Gasteiger charge is 2.23. The second kappa shape index (κ2) is 8.29. The van der Waals surface area contributed by atoms with Crippen LogP contribution < -0.4 is 11.1 Å². The number of hydrogen-bond acceptors (Lipinski definition) is 5. The fourth-order valence-electron chi connectivity index (χ4n) is 3.11. The molecule has 4 N–H and O–H groups in total. The first-order valence-electron chi connectivity index (χ1n) is 8.71. The third-order valence-electron chi connectivity index (χ3n) is 4.49. The van der Waals surface area contributed by atoms with Crippen molar-refractivity contribution in [2.75, 3.05) is 19.3 Å². The minimum Gasteiger partial charge on any atom is -0.368 e. The molecule has 0 fully saturated rings. The first kappa shape index (κ1) is 18.4. The predicted octanol–water partition coefficient (Wildman–Crippen LogP) is 3.87. The maximum atomic E-state index is 6.04. The number of anilines is 1. The summed E-state index contributed by atoms with van der Waals surface area (Å²) in [4.78, 5) is 8.46. The molecule has 136 valence electrons. The lowest BCUT2D eigenvalue weighted by Crippen LogP contribution is -2.12. The summed E-state index contributed by atoms with van der Waals surface area (Å²) in [5.74, 6) is 0.585. The molecule has 2 aromatic heterocycles. The van der Waals surface area contributed by atoms with E-state index in [4.69, 9.17) is 17.3 Å². The zero-order chi connectivity index (χ0) is 18.5. The summed E-state index contributed by atoms with van der Waals surface area (Å²) in [6.45, 7) is 3.11. The number of halogens is 1. The molecule has 0 aliphatic rings. The summed E-state index contributed by atoms with van der Waals surface area (Å²) < 4.78 is 0. The van der Waals surface area contributed by atoms with Gasteiger partial charge in [0.1, 0.15) is 5.69 Å². The third kappa shape index (κ3) is 3.86. The maximum Gasteiger partial charge on any atom is 0.220 e. The molecule has 0 amide bonds. The molecule has 0 spiro atoms. The number of rotatable bonds is 7. The predicted molar refractivity (Wildman–Crippen MR) is 106 cm³/mol. The van der Waals surface area contributed by atoms with E-state index in [2.05, 4.69) is 32.4 Å². The molecular formula is C19H23ClN6. The minimum atomic E-state index is 0.250. The monoisotopic (exact) mass is 370 g/mol. The number of aromatic amines is 1. The van der Waals surface area contributed by atoms with Gasteiger partial charge in [0, 0.05) is 34.0 Å². The molecule has 0 saturated heterocycles. The first-order chi connectivity index (χ1) is 12.6. The Balaban J connectivity index is 2.14. The smallest absolute Gasteiger partial charge is 0.220 e. The van der Waals surface area contributed by atoms with E-state index in [1.807, 2.05) is 37.4 Å². The van der Waals surface area contributed by atoms with Crippen molar-refractivity contribution in [3.8, 4) is 22.5 Å². The van der Waals surface area contributed by atoms with E-state index in [0.29, 0.717) is 10.9 Å². The molecule has 0 aliphatic heterocycles. The molecule has 0 radical (unpaired) electrons. The zero-order valence-electron chi connectivity index (χ0n) is 15.0. The topological polar surface area (TPSA) is 92.5 Å². The van der Waals surface area contributed by atoms with E-state index < -0.39 is 0 Å². The Hall–Kier alpha value is -2.44. The minimum absolute atomic E-state index is 0.250. The highest BCUT2D eigenvalue weighted by molar-refractivity contribution is 6.30. The van der Waals surface area contributed by atoms with Gasteiger partial charge < -0.3 is 11.1 Å². The molecule has 26 heavy (non-hydrogen) atoms. The normalized spacial score (nSPS) is 12.3. The number of nitrogens with one attached hydrogen (secondary N) is 2. The van der Waals surface area contributed by atoms with Crippen LogP contribution in [0, 0.1) is 0 Å². The van der Waals surface area contributed by atoms with Crippen LogP contribution in [-0.4, -0.2) is 33.8 Å². The number of H-pyrrole nitrogens is 1. The molecule has 2 heterocycles. The van der Waals surface area contributed by atoms with Gasteiger partial charge in [-0.2, -0.15) is 5.10 Å². The quantitative estimate of drug-likeness (QED) is 0.587. The van der Waals surface area contributed by atoms with Gasteiger partial charge in [-0.1, -0.05) is 30.7 Å². The number of nitrogen functional groups attached to an aromatic ring is 1. The fraction of sp³-hybridized carbons (Fsp3) is 0.316. The summed E-state index contributed by atoms with van der Waals surface area (Å²) in [6.07, 6.45) is 3.68. The van der Waals surface area contributed by atoms with Gasteiger partial charge in [0.15, 0.2) is 0 Å². The van der Waals surface area contributed by atoms with Crippen LogP contribution in [0.5, 0.6) is 0 Å². The lowest BCUT2D eigenvalue weighted by molar-refractivity contribution is 0.568. The second-order valence-corrected chi connectivity index (χ2v) is 6.60. The van der Waals surface area contributed by atoms with Crippen LogP contribution in [0.3, 0.4) is 0 Å². The SMILES string of the molecule is CCC(CCNC)c1[nH]nc(-c2ccc(Cl)cc2)c1-c1ccnc(N)n1. The van der Waals surface area contributed by atoms with Gasteiger partial charge in [-0.15, -0.1) is 0 Å². The summed E-state index contributed by atoms with van der Waals surface area (Å²) >= 11 is 6.04. The molecule has 1 unspecified atom stereocenters. The summed E-state index contributed by atoms with van der Waals surface area (Å²) in [5.41, 5.74) is 10.5. The van der Waals surface area contributed by atoms with Crippen molar-refractivity contribution in [1.82, 2.24) is 25.5 Å². The van der Waals surface area contributed by atoms with Crippen molar-refractivity contribution in [1.29, 1.82) is 0 Å². The van der Waals surface area contributed by atoms with Crippen LogP contribution in [0.25, 0.3) is 22.5 Å². The van der Waals surface area contributed by atoms with Gasteiger partial charge in [-0.25, -0.2) is 9.97 Å². The van der Waals surface area contributed by atoms with Gasteiger partial charge in [-0.05, 0) is 44.6 Å². The van der Waals surface area contributed by atoms with Crippen molar-refractivity contribution in [3.05, 3.63) is 47.2 Å². The van der Waals surface area contributed by atoms with Crippen LogP contribution >= 0.6 is 11.6 Å². The molecule has 3 rings (SSSR count). The molecule has 6 nitrogen and oxygen atoms in total. The first-order valence-corrected chi connectivity index (χ1v) is 9.09. The number of aromatic nitrogens is 4. The summed E-state index contributed by atoms with van der Waals surface area (Å²) in [5, 5.41) is 11.8. The molecule has 1 atom stereocenters. The molecule has 0 aliphatic carbocycles. The van der Waals surface area contributed by atoms with E-state index >= 15 is 0 Å². The van der Waals surface area contributed by atoms with Crippen LogP contribution in [0.4, 0.5) is 5.95 Å². The molecular weight excluding hydrogens is 348 g/mol. The van der Waals surface area contributed by atoms with Gasteiger partial charge >= 0.3 is 0 Å². The van der Waals surface area contributed by atoms with Crippen LogP contribution in [-0.2, 0) is 0 Å². The van der Waals surface area contributed by atoms with Crippen molar-refractivity contribution >= 4 is 17.5 Å². The molecule has 0 saturated carbocycles. The van der Waals surface area contributed by atoms with Gasteiger partial charge in [-0.3, -0.25) is 5.10 Å². The van der Waals surface area contributed by atoms with Crippen molar-refractivity contribution in [2.45, 2.75) is 25.7 Å². The van der Waals surface area contributed by atoms with Crippen LogP contribution in [0.1, 0.15) is 31.4 Å². The highest BCUT2D eigenvalue weighted by atomic mass is 35.5. The summed E-state index contributed by atoms with van der Waals surface area (Å²) in [6, 6.07) is 9.52. The second-order valence-electron chi connectivity index (χ2n) is 6.17. The van der Waals surface area contributed by atoms with E-state index in [1.54, 1.807) is 6.20 Å². The van der Waals surface area contributed by atoms with Gasteiger partial charge in [0.05, 0.1) is 5.69 Å². The average Bonchev–Trinajstić information content (AvgIpc) is 3.08. The van der Waals surface area contributed by atoms with E-state index in [-0.39, 0.29) is 5.95 Å². The van der Waals surface area contributed by atoms with Crippen molar-refractivity contribution < 1.29 is 0 Å². The average molecular weight is 371 g/mol. The van der Waals surface area contributed by atoms with Crippen LogP contribution in [0.15, 0.2) is 36.5 Å². The number of nitrogens with two attached hydrogens (primary N) is 1. The van der Waals surface area contributed by atoms with E-state index in [9.17, 15) is 0 Å². The Kier molecular flexibility index (Phi) is 5.85. The zero-order valence-corrected chi connectivity index (χ0v) is 15.7. The number of benzene rings is 1. The maximum absolute atomic E-state index is 6.04. The molecule has 3 aromatic rings. The standard InChI is InChI=1S/C19H23ClN6/c1-3-12(8-10-22-2)17-16(15-9-11-23-19(21)24-15)18(26-25-17)13-4-6-14(20)7-5-13/h4-7,9,11-12,22H,3,8,10H2,1-2H3,(H,25,26)(H2,21,23,24). The van der Waals surface area contributed by atoms with E-state index in [0.717, 1.165) is 47.6 Å². The van der Waals surface area contributed by atoms with Crippen molar-refractivity contribution in [3.63, 3.8) is 0 Å². The lowest BCUT2D eigenvalue weighted by Gasteiger charge is -2.15. The molecule has 0 bridgehead atoms. The van der Waals surface area contributed by atoms with Crippen molar-refractivity contribution in [2.24, 2.45) is 0 Å². The Morgan fingerprint density at radius 3 is 2.65 bits per heavy atom. The van der Waals surface area contributed by atoms with Gasteiger partial charge in [0.25, 0.3) is 0 Å². The lowest BCUT2D eigenvalue weighted by atomic mass is 9.91. The Bertz CT molecular complexity index is 859. The molecule has 1 aromatic carbocycles. The largest absolute Gasteiger partial charge is 0.368 e. The Labute approximate surface area is 158 Å². The number of nitrogens with zero attached hydrogens (tertiary/aromatic N) is 3. The Morgan fingerprint density at radius 1 is 1.23 bits per heavy atom. The summed E-state index contributed by atoms with van der Waals surface area (Å²) in [7, 11) is 1.96. The Morgan fingerprint density at radius 2 is 2.00 bits per heavy atom.